The van der Waals surface area contributed by atoms with Crippen LogP contribution in [0.25, 0.3) is 11.1 Å². The molecule has 0 bridgehead atoms. The second kappa shape index (κ2) is 4.31. The highest BCUT2D eigenvalue weighted by Crippen LogP contribution is 2.39. The first-order valence-electron chi connectivity index (χ1n) is 5.80. The van der Waals surface area contributed by atoms with Crippen molar-refractivity contribution >= 4 is 5.97 Å². The molecule has 0 radical (unpaired) electrons. The lowest BCUT2D eigenvalue weighted by atomic mass is 9.99. The van der Waals surface area contributed by atoms with Gasteiger partial charge in [-0.15, -0.1) is 0 Å². The number of hydrogen-bond donors (Lipinski definition) is 2. The van der Waals surface area contributed by atoms with E-state index < -0.39 is 5.97 Å². The van der Waals surface area contributed by atoms with Gasteiger partial charge in [0.25, 0.3) is 0 Å². The highest BCUT2D eigenvalue weighted by atomic mass is 16.7. The van der Waals surface area contributed by atoms with Crippen molar-refractivity contribution in [3.8, 4) is 22.6 Å². The molecule has 0 fully saturated rings. The predicted octanol–water partition coefficient (Wildman–Crippen LogP) is 1.74. The summed E-state index contributed by atoms with van der Waals surface area (Å²) in [6.07, 6.45) is 1.53. The molecule has 0 saturated heterocycles. The second-order valence-electron chi connectivity index (χ2n) is 4.35. The molecule has 0 aliphatic carbocycles. The molecule has 1 aromatic heterocycles. The number of aromatic amines is 1. The molecule has 0 atom stereocenters. The molecular weight excluding hydrogens is 248 g/mol. The first-order chi connectivity index (χ1) is 9.15. The maximum absolute atomic E-state index is 10.8. The molecule has 1 aliphatic rings. The summed E-state index contributed by atoms with van der Waals surface area (Å²) in [5.74, 6) is 0.483. The van der Waals surface area contributed by atoms with Crippen molar-refractivity contribution in [3.63, 3.8) is 0 Å². The van der Waals surface area contributed by atoms with Crippen LogP contribution >= 0.6 is 0 Å². The fourth-order valence-corrected chi connectivity index (χ4v) is 2.16. The second-order valence-corrected chi connectivity index (χ2v) is 4.35. The van der Waals surface area contributed by atoms with E-state index in [-0.39, 0.29) is 13.2 Å². The van der Waals surface area contributed by atoms with Gasteiger partial charge >= 0.3 is 5.97 Å². The van der Waals surface area contributed by atoms with Crippen molar-refractivity contribution in [2.75, 3.05) is 6.79 Å². The zero-order chi connectivity index (χ0) is 13.4. The molecule has 0 amide bonds. The number of aromatic nitrogens is 2. The molecule has 6 nitrogen and oxygen atoms in total. The molecule has 2 aromatic rings. The normalized spacial score (nSPS) is 12.7. The van der Waals surface area contributed by atoms with Crippen molar-refractivity contribution in [2.45, 2.75) is 13.3 Å². The number of carboxylic acids is 1. The number of rotatable bonds is 3. The Bertz CT molecular complexity index is 648. The summed E-state index contributed by atoms with van der Waals surface area (Å²) in [4.78, 5) is 10.8. The molecule has 3 rings (SSSR count). The maximum atomic E-state index is 10.8. The van der Waals surface area contributed by atoms with Crippen LogP contribution in [-0.2, 0) is 11.2 Å². The molecule has 2 N–H and O–H groups in total. The minimum atomic E-state index is -0.899. The molecule has 19 heavy (non-hydrogen) atoms. The van der Waals surface area contributed by atoms with E-state index in [2.05, 4.69) is 10.2 Å². The van der Waals surface area contributed by atoms with E-state index in [0.717, 1.165) is 16.7 Å². The first kappa shape index (κ1) is 11.6. The van der Waals surface area contributed by atoms with Gasteiger partial charge in [0.2, 0.25) is 6.79 Å². The number of hydrogen-bond acceptors (Lipinski definition) is 4. The van der Waals surface area contributed by atoms with E-state index >= 15 is 0 Å². The lowest BCUT2D eigenvalue weighted by Gasteiger charge is -2.07. The largest absolute Gasteiger partial charge is 0.481 e. The smallest absolute Gasteiger partial charge is 0.309 e. The van der Waals surface area contributed by atoms with Gasteiger partial charge in [-0.2, -0.15) is 5.10 Å². The van der Waals surface area contributed by atoms with E-state index in [0.29, 0.717) is 17.2 Å². The van der Waals surface area contributed by atoms with Crippen LogP contribution in [0.15, 0.2) is 18.3 Å². The Balaban J connectivity index is 2.07. The van der Waals surface area contributed by atoms with E-state index in [1.165, 1.54) is 0 Å². The minimum Gasteiger partial charge on any atom is -0.481 e. The summed E-state index contributed by atoms with van der Waals surface area (Å²) in [7, 11) is 0. The Morgan fingerprint density at radius 2 is 2.11 bits per heavy atom. The number of benzene rings is 1. The Hall–Kier alpha value is -2.50. The van der Waals surface area contributed by atoms with Crippen molar-refractivity contribution in [1.29, 1.82) is 0 Å². The van der Waals surface area contributed by atoms with Gasteiger partial charge in [-0.05, 0) is 30.2 Å². The third kappa shape index (κ3) is 2.01. The number of aryl methyl sites for hydroxylation is 1. The standard InChI is InChI=1S/C13H12N2O4/c1-7-2-11-12(19-6-18-11)3-8(7)9-5-14-15-10(9)4-13(16)17/h2-3,5H,4,6H2,1H3,(H,14,15)(H,16,17). The minimum absolute atomic E-state index is 0.0940. The molecule has 0 saturated carbocycles. The highest BCUT2D eigenvalue weighted by molar-refractivity contribution is 5.77. The van der Waals surface area contributed by atoms with Gasteiger partial charge in [-0.25, -0.2) is 0 Å². The van der Waals surface area contributed by atoms with Crippen LogP contribution in [0.2, 0.25) is 0 Å². The number of aliphatic carboxylic acids is 1. The molecular formula is C13H12N2O4. The van der Waals surface area contributed by atoms with Gasteiger partial charge in [0.1, 0.15) is 0 Å². The average Bonchev–Trinajstić information content (AvgIpc) is 2.95. The third-order valence-electron chi connectivity index (χ3n) is 3.06. The van der Waals surface area contributed by atoms with E-state index in [1.807, 2.05) is 19.1 Å². The molecule has 98 valence electrons. The predicted molar refractivity (Wildman–Crippen MR) is 66.2 cm³/mol. The fourth-order valence-electron chi connectivity index (χ4n) is 2.16. The number of ether oxygens (including phenoxy) is 2. The zero-order valence-electron chi connectivity index (χ0n) is 10.3. The average molecular weight is 260 g/mol. The molecule has 1 aromatic carbocycles. The number of carboxylic acid groups (broad SMARTS) is 1. The highest BCUT2D eigenvalue weighted by Gasteiger charge is 2.19. The van der Waals surface area contributed by atoms with E-state index in [4.69, 9.17) is 14.6 Å². The summed E-state index contributed by atoms with van der Waals surface area (Å²) in [5, 5.41) is 15.5. The van der Waals surface area contributed by atoms with Crippen LogP contribution in [0, 0.1) is 6.92 Å². The molecule has 0 unspecified atom stereocenters. The van der Waals surface area contributed by atoms with Crippen molar-refractivity contribution in [1.82, 2.24) is 10.2 Å². The Morgan fingerprint density at radius 3 is 2.84 bits per heavy atom. The molecule has 0 spiro atoms. The third-order valence-corrected chi connectivity index (χ3v) is 3.06. The van der Waals surface area contributed by atoms with Crippen LogP contribution in [0.1, 0.15) is 11.3 Å². The van der Waals surface area contributed by atoms with Gasteiger partial charge in [-0.3, -0.25) is 9.89 Å². The SMILES string of the molecule is Cc1cc2c(cc1-c1cn[nH]c1CC(=O)O)OCO2. The number of carbonyl (C=O) groups is 1. The van der Waals surface area contributed by atoms with Gasteiger partial charge in [0.05, 0.1) is 18.3 Å². The monoisotopic (exact) mass is 260 g/mol. The van der Waals surface area contributed by atoms with Crippen LogP contribution in [0.3, 0.4) is 0 Å². The number of fused-ring (bicyclic) bond motifs is 1. The topological polar surface area (TPSA) is 84.4 Å². The summed E-state index contributed by atoms with van der Waals surface area (Å²) in [6.45, 7) is 2.15. The lowest BCUT2D eigenvalue weighted by molar-refractivity contribution is -0.136. The summed E-state index contributed by atoms with van der Waals surface area (Å²) >= 11 is 0. The Kier molecular flexibility index (Phi) is 2.63. The molecule has 2 heterocycles. The first-order valence-corrected chi connectivity index (χ1v) is 5.80. The Morgan fingerprint density at radius 1 is 1.37 bits per heavy atom. The quantitative estimate of drug-likeness (QED) is 0.878. The van der Waals surface area contributed by atoms with E-state index in [1.54, 1.807) is 6.20 Å². The van der Waals surface area contributed by atoms with Gasteiger partial charge in [0.15, 0.2) is 11.5 Å². The van der Waals surface area contributed by atoms with Crippen LogP contribution in [-0.4, -0.2) is 28.1 Å². The maximum Gasteiger partial charge on any atom is 0.309 e. The van der Waals surface area contributed by atoms with Gasteiger partial charge in [-0.1, -0.05) is 0 Å². The zero-order valence-corrected chi connectivity index (χ0v) is 10.3. The number of nitrogens with one attached hydrogen (secondary N) is 1. The summed E-state index contributed by atoms with van der Waals surface area (Å²) in [6, 6.07) is 3.74. The molecule has 6 heteroatoms. The summed E-state index contributed by atoms with van der Waals surface area (Å²) in [5.41, 5.74) is 3.24. The van der Waals surface area contributed by atoms with E-state index in [9.17, 15) is 4.79 Å². The fraction of sp³-hybridized carbons (Fsp3) is 0.231. The van der Waals surface area contributed by atoms with Crippen LogP contribution < -0.4 is 9.47 Å². The summed E-state index contributed by atoms with van der Waals surface area (Å²) < 4.78 is 10.7. The van der Waals surface area contributed by atoms with Crippen LogP contribution in [0.4, 0.5) is 0 Å². The molecule has 1 aliphatic heterocycles. The van der Waals surface area contributed by atoms with Crippen molar-refractivity contribution < 1.29 is 19.4 Å². The van der Waals surface area contributed by atoms with Crippen molar-refractivity contribution in [2.24, 2.45) is 0 Å². The number of H-pyrrole nitrogens is 1. The van der Waals surface area contributed by atoms with Crippen molar-refractivity contribution in [3.05, 3.63) is 29.6 Å². The van der Waals surface area contributed by atoms with Crippen LogP contribution in [0.5, 0.6) is 11.5 Å². The van der Waals surface area contributed by atoms with Gasteiger partial charge < -0.3 is 14.6 Å². The number of nitrogens with zero attached hydrogens (tertiary/aromatic N) is 1. The van der Waals surface area contributed by atoms with Gasteiger partial charge in [0, 0.05) is 5.56 Å². The lowest BCUT2D eigenvalue weighted by Crippen LogP contribution is -2.02. The Labute approximate surface area is 109 Å².